The third kappa shape index (κ3) is 5.38. The molecule has 0 saturated heterocycles. The van der Waals surface area contributed by atoms with Crippen LogP contribution in [0.3, 0.4) is 0 Å². The second-order valence-corrected chi connectivity index (χ2v) is 6.41. The van der Waals surface area contributed by atoms with Crippen LogP contribution in [0.5, 0.6) is 0 Å². The van der Waals surface area contributed by atoms with Gasteiger partial charge in [0.25, 0.3) is 0 Å². The zero-order valence-corrected chi connectivity index (χ0v) is 13.7. The lowest BCUT2D eigenvalue weighted by atomic mass is 9.84. The molecule has 1 fully saturated rings. The molecule has 0 aliphatic heterocycles. The van der Waals surface area contributed by atoms with Gasteiger partial charge in [-0.2, -0.15) is 0 Å². The van der Waals surface area contributed by atoms with E-state index in [0.29, 0.717) is 0 Å². The summed E-state index contributed by atoms with van der Waals surface area (Å²) < 4.78 is 0. The van der Waals surface area contributed by atoms with Gasteiger partial charge in [0.05, 0.1) is 0 Å². The van der Waals surface area contributed by atoms with E-state index in [9.17, 15) is 0 Å². The molecule has 2 aromatic rings. The van der Waals surface area contributed by atoms with E-state index in [-0.39, 0.29) is 0 Å². The van der Waals surface area contributed by atoms with Gasteiger partial charge in [-0.3, -0.25) is 0 Å². The minimum absolute atomic E-state index is 0.861. The Morgan fingerprint density at radius 3 is 1.62 bits per heavy atom. The van der Waals surface area contributed by atoms with Crippen LogP contribution in [0.4, 0.5) is 0 Å². The molecule has 1 saturated carbocycles. The minimum atomic E-state index is 0.861. The van der Waals surface area contributed by atoms with Crippen LogP contribution in [0.1, 0.15) is 60.3 Å². The molecule has 1 aliphatic carbocycles. The fourth-order valence-electron chi connectivity index (χ4n) is 3.36. The first kappa shape index (κ1) is 15.8. The van der Waals surface area contributed by atoms with Crippen molar-refractivity contribution in [1.82, 2.24) is 0 Å². The second kappa shape index (κ2) is 8.02. The number of hydrogen-bond donors (Lipinski definition) is 0. The molecule has 0 amide bonds. The molecule has 0 aromatic heterocycles. The standard InChI is InChI=1S/C12H16.C9H12/c1-3-7-11(8-4-1)12-9-5-2-6-10-12;1-7-4-8(2)6-9(3)5-7/h1,3-4,7-8,12H,2,5-6,9-10H2;4-6H,1-3H3. The highest BCUT2D eigenvalue weighted by atomic mass is 14.2. The summed E-state index contributed by atoms with van der Waals surface area (Å²) in [5.41, 5.74) is 5.62. The van der Waals surface area contributed by atoms with Crippen molar-refractivity contribution in [2.24, 2.45) is 0 Å². The van der Waals surface area contributed by atoms with Gasteiger partial charge in [0, 0.05) is 0 Å². The zero-order valence-electron chi connectivity index (χ0n) is 13.7. The molecule has 0 N–H and O–H groups in total. The van der Waals surface area contributed by atoms with Crippen molar-refractivity contribution in [2.75, 3.05) is 0 Å². The Morgan fingerprint density at radius 2 is 1.14 bits per heavy atom. The van der Waals surface area contributed by atoms with Crippen molar-refractivity contribution in [3.05, 3.63) is 70.8 Å². The van der Waals surface area contributed by atoms with Gasteiger partial charge in [-0.1, -0.05) is 84.5 Å². The predicted octanol–water partition coefficient (Wildman–Crippen LogP) is 6.35. The van der Waals surface area contributed by atoms with Gasteiger partial charge in [-0.25, -0.2) is 0 Å². The van der Waals surface area contributed by atoms with Gasteiger partial charge in [0.2, 0.25) is 0 Å². The largest absolute Gasteiger partial charge is 0.0622 e. The van der Waals surface area contributed by atoms with Gasteiger partial charge < -0.3 is 0 Å². The van der Waals surface area contributed by atoms with Crippen molar-refractivity contribution in [1.29, 1.82) is 0 Å². The van der Waals surface area contributed by atoms with E-state index < -0.39 is 0 Å². The van der Waals surface area contributed by atoms with Crippen LogP contribution in [-0.2, 0) is 0 Å². The summed E-state index contributed by atoms with van der Waals surface area (Å²) in [6.07, 6.45) is 7.12. The minimum Gasteiger partial charge on any atom is -0.0622 e. The molecule has 0 spiro atoms. The van der Waals surface area contributed by atoms with Crippen LogP contribution in [-0.4, -0.2) is 0 Å². The molecule has 3 rings (SSSR count). The average Bonchev–Trinajstić information content (AvgIpc) is 2.48. The number of rotatable bonds is 1. The summed E-state index contributed by atoms with van der Waals surface area (Å²) in [5.74, 6) is 0.861. The topological polar surface area (TPSA) is 0 Å². The lowest BCUT2D eigenvalue weighted by molar-refractivity contribution is 0.443. The van der Waals surface area contributed by atoms with Gasteiger partial charge in [-0.05, 0) is 45.1 Å². The van der Waals surface area contributed by atoms with Gasteiger partial charge in [0.1, 0.15) is 0 Å². The van der Waals surface area contributed by atoms with Crippen molar-refractivity contribution in [3.8, 4) is 0 Å². The van der Waals surface area contributed by atoms with Gasteiger partial charge >= 0.3 is 0 Å². The predicted molar refractivity (Wildman–Crippen MR) is 92.9 cm³/mol. The first-order valence-corrected chi connectivity index (χ1v) is 8.25. The van der Waals surface area contributed by atoms with Gasteiger partial charge in [-0.15, -0.1) is 0 Å². The van der Waals surface area contributed by atoms with Crippen LogP contribution in [0.25, 0.3) is 0 Å². The lowest BCUT2D eigenvalue weighted by Gasteiger charge is -2.21. The van der Waals surface area contributed by atoms with Crippen LogP contribution < -0.4 is 0 Å². The van der Waals surface area contributed by atoms with Crippen molar-refractivity contribution in [2.45, 2.75) is 58.8 Å². The molecule has 0 radical (unpaired) electrons. The zero-order chi connectivity index (χ0) is 15.1. The Hall–Kier alpha value is -1.56. The quantitative estimate of drug-likeness (QED) is 0.571. The van der Waals surface area contributed by atoms with E-state index in [1.54, 1.807) is 5.56 Å². The SMILES string of the molecule is Cc1cc(C)cc(C)c1.c1ccc(C2CCCCC2)cc1. The molecule has 0 heteroatoms. The molecule has 112 valence electrons. The first-order valence-electron chi connectivity index (χ1n) is 8.25. The normalized spacial score (nSPS) is 15.2. The summed E-state index contributed by atoms with van der Waals surface area (Å²) in [6.45, 7) is 6.38. The Balaban J connectivity index is 0.000000161. The summed E-state index contributed by atoms with van der Waals surface area (Å²) in [4.78, 5) is 0. The van der Waals surface area contributed by atoms with E-state index in [1.165, 1.54) is 48.8 Å². The molecule has 0 bridgehead atoms. The van der Waals surface area contributed by atoms with E-state index in [2.05, 4.69) is 69.3 Å². The van der Waals surface area contributed by atoms with Crippen molar-refractivity contribution < 1.29 is 0 Å². The highest BCUT2D eigenvalue weighted by Crippen LogP contribution is 2.32. The molecule has 1 aliphatic rings. The second-order valence-electron chi connectivity index (χ2n) is 6.41. The average molecular weight is 280 g/mol. The lowest BCUT2D eigenvalue weighted by Crippen LogP contribution is -2.03. The van der Waals surface area contributed by atoms with Crippen LogP contribution in [0.15, 0.2) is 48.5 Å². The Kier molecular flexibility index (Phi) is 6.04. The highest BCUT2D eigenvalue weighted by Gasteiger charge is 2.14. The number of hydrogen-bond acceptors (Lipinski definition) is 0. The highest BCUT2D eigenvalue weighted by molar-refractivity contribution is 5.27. The van der Waals surface area contributed by atoms with Crippen LogP contribution in [0, 0.1) is 20.8 Å². The molecular formula is C21H28. The summed E-state index contributed by atoms with van der Waals surface area (Å²) in [7, 11) is 0. The van der Waals surface area contributed by atoms with E-state index in [1.807, 2.05) is 0 Å². The number of benzene rings is 2. The Morgan fingerprint density at radius 1 is 0.667 bits per heavy atom. The van der Waals surface area contributed by atoms with Crippen molar-refractivity contribution in [3.63, 3.8) is 0 Å². The Bertz CT molecular complexity index is 483. The van der Waals surface area contributed by atoms with Crippen LogP contribution in [0.2, 0.25) is 0 Å². The fraction of sp³-hybridized carbons (Fsp3) is 0.429. The maximum atomic E-state index is 2.27. The van der Waals surface area contributed by atoms with Crippen molar-refractivity contribution >= 4 is 0 Å². The van der Waals surface area contributed by atoms with Crippen LogP contribution >= 0.6 is 0 Å². The molecular weight excluding hydrogens is 252 g/mol. The third-order valence-corrected chi connectivity index (χ3v) is 4.24. The Labute approximate surface area is 130 Å². The molecule has 0 heterocycles. The van der Waals surface area contributed by atoms with Gasteiger partial charge in [0.15, 0.2) is 0 Å². The molecule has 0 atom stereocenters. The number of aryl methyl sites for hydroxylation is 3. The fourth-order valence-corrected chi connectivity index (χ4v) is 3.36. The monoisotopic (exact) mass is 280 g/mol. The molecule has 0 nitrogen and oxygen atoms in total. The smallest absolute Gasteiger partial charge is 0.0162 e. The summed E-state index contributed by atoms with van der Waals surface area (Å²) >= 11 is 0. The molecule has 2 aromatic carbocycles. The first-order chi connectivity index (χ1) is 10.1. The van der Waals surface area contributed by atoms with E-state index >= 15 is 0 Å². The maximum absolute atomic E-state index is 2.27. The third-order valence-electron chi connectivity index (χ3n) is 4.24. The van der Waals surface area contributed by atoms with E-state index in [4.69, 9.17) is 0 Å². The summed E-state index contributed by atoms with van der Waals surface area (Å²) in [5, 5.41) is 0. The maximum Gasteiger partial charge on any atom is -0.0162 e. The molecule has 21 heavy (non-hydrogen) atoms. The molecule has 0 unspecified atom stereocenters. The summed E-state index contributed by atoms with van der Waals surface area (Å²) in [6, 6.07) is 17.5. The van der Waals surface area contributed by atoms with E-state index in [0.717, 1.165) is 5.92 Å².